The van der Waals surface area contributed by atoms with Crippen LogP contribution in [0.5, 0.6) is 0 Å². The number of halogens is 3. The summed E-state index contributed by atoms with van der Waals surface area (Å²) in [7, 11) is 0. The van der Waals surface area contributed by atoms with Crippen LogP contribution in [0.25, 0.3) is 22.6 Å². The number of aromatic nitrogens is 5. The molecule has 0 unspecified atom stereocenters. The van der Waals surface area contributed by atoms with Gasteiger partial charge in [-0.15, -0.1) is 0 Å². The Kier molecular flexibility index (Phi) is 4.53. The topological polar surface area (TPSA) is 56.5 Å². The van der Waals surface area contributed by atoms with E-state index < -0.39 is 11.6 Å². The van der Waals surface area contributed by atoms with E-state index in [2.05, 4.69) is 20.1 Å². The van der Waals surface area contributed by atoms with Crippen LogP contribution in [0.4, 0.5) is 8.78 Å². The van der Waals surface area contributed by atoms with E-state index in [0.29, 0.717) is 34.1 Å². The average molecular weight is 386 g/mol. The Balaban J connectivity index is 1.87. The molecule has 0 radical (unpaired) electrons. The fraction of sp³-hybridized carbons (Fsp3) is 0.158. The van der Waals surface area contributed by atoms with E-state index in [1.165, 1.54) is 16.8 Å². The molecular weight excluding hydrogens is 372 g/mol. The van der Waals surface area contributed by atoms with E-state index in [9.17, 15) is 8.78 Å². The van der Waals surface area contributed by atoms with Crippen LogP contribution >= 0.6 is 11.6 Å². The molecule has 0 spiro atoms. The standard InChI is InChI=1S/C19H14ClF2N5/c1-2-12-9-15(20)25-18(24-12)17-13-6-4-8-23-19(13)27(26-17)10-11-5-3-7-14(21)16(11)22/h3-9H,2,10H2,1H3. The first kappa shape index (κ1) is 17.5. The smallest absolute Gasteiger partial charge is 0.182 e. The van der Waals surface area contributed by atoms with Gasteiger partial charge in [0.2, 0.25) is 0 Å². The van der Waals surface area contributed by atoms with Gasteiger partial charge in [-0.3, -0.25) is 0 Å². The summed E-state index contributed by atoms with van der Waals surface area (Å²) in [6, 6.07) is 9.35. The van der Waals surface area contributed by atoms with Crippen LogP contribution in [0.1, 0.15) is 18.2 Å². The molecule has 0 N–H and O–H groups in total. The Morgan fingerprint density at radius 3 is 2.78 bits per heavy atom. The van der Waals surface area contributed by atoms with Crippen molar-refractivity contribution in [3.63, 3.8) is 0 Å². The van der Waals surface area contributed by atoms with Crippen molar-refractivity contribution in [2.24, 2.45) is 0 Å². The molecule has 5 nitrogen and oxygen atoms in total. The third-order valence-electron chi connectivity index (χ3n) is 4.18. The molecule has 0 aliphatic heterocycles. The van der Waals surface area contributed by atoms with Crippen molar-refractivity contribution in [1.82, 2.24) is 24.7 Å². The number of fused-ring (bicyclic) bond motifs is 1. The second kappa shape index (κ2) is 7.00. The third kappa shape index (κ3) is 3.26. The van der Waals surface area contributed by atoms with E-state index in [1.54, 1.807) is 18.3 Å². The molecule has 0 aliphatic carbocycles. The fourth-order valence-electron chi connectivity index (χ4n) is 2.87. The van der Waals surface area contributed by atoms with Crippen LogP contribution in [0.3, 0.4) is 0 Å². The van der Waals surface area contributed by atoms with Gasteiger partial charge in [-0.2, -0.15) is 5.10 Å². The molecule has 3 heterocycles. The Labute approximate surface area is 158 Å². The molecule has 27 heavy (non-hydrogen) atoms. The lowest BCUT2D eigenvalue weighted by Crippen LogP contribution is -2.06. The van der Waals surface area contributed by atoms with Gasteiger partial charge in [0.05, 0.1) is 11.9 Å². The maximum atomic E-state index is 14.1. The zero-order valence-corrected chi connectivity index (χ0v) is 15.1. The van der Waals surface area contributed by atoms with Crippen molar-refractivity contribution >= 4 is 22.6 Å². The molecule has 8 heteroatoms. The first-order chi connectivity index (χ1) is 13.1. The molecule has 0 saturated heterocycles. The first-order valence-electron chi connectivity index (χ1n) is 8.35. The molecule has 0 atom stereocenters. The number of benzene rings is 1. The summed E-state index contributed by atoms with van der Waals surface area (Å²) in [4.78, 5) is 13.1. The molecule has 1 aromatic carbocycles. The van der Waals surface area contributed by atoms with Gasteiger partial charge in [-0.25, -0.2) is 28.4 Å². The molecule has 136 valence electrons. The van der Waals surface area contributed by atoms with Crippen LogP contribution in [0.2, 0.25) is 5.15 Å². The van der Waals surface area contributed by atoms with Gasteiger partial charge >= 0.3 is 0 Å². The predicted octanol–water partition coefficient (Wildman–Crippen LogP) is 4.43. The molecule has 0 bridgehead atoms. The lowest BCUT2D eigenvalue weighted by molar-refractivity contribution is 0.493. The highest BCUT2D eigenvalue weighted by atomic mass is 35.5. The number of rotatable bonds is 4. The summed E-state index contributed by atoms with van der Waals surface area (Å²) in [5.41, 5.74) is 1.98. The second-order valence-electron chi connectivity index (χ2n) is 5.95. The SMILES string of the molecule is CCc1cc(Cl)nc(-c2nn(Cc3cccc(F)c3F)c3ncccc23)n1. The zero-order chi connectivity index (χ0) is 19.0. The minimum atomic E-state index is -0.900. The van der Waals surface area contributed by atoms with Gasteiger partial charge in [0.15, 0.2) is 23.1 Å². The minimum absolute atomic E-state index is 0.0261. The van der Waals surface area contributed by atoms with E-state index >= 15 is 0 Å². The van der Waals surface area contributed by atoms with Gasteiger partial charge in [-0.05, 0) is 30.7 Å². The van der Waals surface area contributed by atoms with Gasteiger partial charge < -0.3 is 0 Å². The minimum Gasteiger partial charge on any atom is -0.242 e. The Bertz CT molecular complexity index is 1140. The van der Waals surface area contributed by atoms with Crippen molar-refractivity contribution in [3.05, 3.63) is 70.6 Å². The van der Waals surface area contributed by atoms with Crippen LogP contribution in [-0.2, 0) is 13.0 Å². The molecule has 3 aromatic heterocycles. The van der Waals surface area contributed by atoms with Gasteiger partial charge in [0, 0.05) is 17.5 Å². The average Bonchev–Trinajstić information content (AvgIpc) is 3.04. The predicted molar refractivity (Wildman–Crippen MR) is 98.4 cm³/mol. The van der Waals surface area contributed by atoms with Crippen LogP contribution in [0, 0.1) is 11.6 Å². The maximum Gasteiger partial charge on any atom is 0.182 e. The van der Waals surface area contributed by atoms with Crippen molar-refractivity contribution in [2.75, 3.05) is 0 Å². The monoisotopic (exact) mass is 385 g/mol. The van der Waals surface area contributed by atoms with Crippen molar-refractivity contribution in [3.8, 4) is 11.5 Å². The second-order valence-corrected chi connectivity index (χ2v) is 6.34. The Morgan fingerprint density at radius 1 is 1.11 bits per heavy atom. The molecular formula is C19H14ClF2N5. The number of hydrogen-bond acceptors (Lipinski definition) is 4. The summed E-state index contributed by atoms with van der Waals surface area (Å²) >= 11 is 6.11. The number of hydrogen-bond donors (Lipinski definition) is 0. The summed E-state index contributed by atoms with van der Waals surface area (Å²) in [5.74, 6) is -1.43. The molecule has 4 rings (SSSR count). The zero-order valence-electron chi connectivity index (χ0n) is 14.3. The quantitative estimate of drug-likeness (QED) is 0.488. The van der Waals surface area contributed by atoms with E-state index in [-0.39, 0.29) is 12.1 Å². The molecule has 0 fully saturated rings. The normalized spacial score (nSPS) is 11.3. The van der Waals surface area contributed by atoms with E-state index in [0.717, 1.165) is 11.8 Å². The highest BCUT2D eigenvalue weighted by molar-refractivity contribution is 6.29. The highest BCUT2D eigenvalue weighted by Crippen LogP contribution is 2.26. The van der Waals surface area contributed by atoms with Crippen molar-refractivity contribution < 1.29 is 8.78 Å². The summed E-state index contributed by atoms with van der Waals surface area (Å²) in [5, 5.41) is 5.55. The summed E-state index contributed by atoms with van der Waals surface area (Å²) in [6.07, 6.45) is 2.31. The van der Waals surface area contributed by atoms with Gasteiger partial charge in [0.1, 0.15) is 10.8 Å². The van der Waals surface area contributed by atoms with Crippen LogP contribution in [-0.4, -0.2) is 24.7 Å². The van der Waals surface area contributed by atoms with Gasteiger partial charge in [0.25, 0.3) is 0 Å². The van der Waals surface area contributed by atoms with Crippen molar-refractivity contribution in [2.45, 2.75) is 19.9 Å². The first-order valence-corrected chi connectivity index (χ1v) is 8.73. The third-order valence-corrected chi connectivity index (χ3v) is 4.37. The lowest BCUT2D eigenvalue weighted by atomic mass is 10.2. The fourth-order valence-corrected chi connectivity index (χ4v) is 3.07. The summed E-state index contributed by atoms with van der Waals surface area (Å²) in [6.45, 7) is 1.99. The Morgan fingerprint density at radius 2 is 1.96 bits per heavy atom. The van der Waals surface area contributed by atoms with Gasteiger partial charge in [-0.1, -0.05) is 30.7 Å². The Hall–Kier alpha value is -2.93. The number of pyridine rings is 1. The molecule has 0 aliphatic rings. The van der Waals surface area contributed by atoms with Crippen LogP contribution in [0.15, 0.2) is 42.6 Å². The summed E-state index contributed by atoms with van der Waals surface area (Å²) < 4.78 is 29.1. The van der Waals surface area contributed by atoms with Crippen LogP contribution < -0.4 is 0 Å². The van der Waals surface area contributed by atoms with Crippen molar-refractivity contribution in [1.29, 1.82) is 0 Å². The molecule has 4 aromatic rings. The largest absolute Gasteiger partial charge is 0.242 e. The molecule has 0 saturated carbocycles. The molecule has 0 amide bonds. The van der Waals surface area contributed by atoms with E-state index in [4.69, 9.17) is 11.6 Å². The van der Waals surface area contributed by atoms with E-state index in [1.807, 2.05) is 13.0 Å². The lowest BCUT2D eigenvalue weighted by Gasteiger charge is -2.05. The highest BCUT2D eigenvalue weighted by Gasteiger charge is 2.18. The maximum absolute atomic E-state index is 14.1. The number of aryl methyl sites for hydroxylation is 1. The number of nitrogens with zero attached hydrogens (tertiary/aromatic N) is 5.